The van der Waals surface area contributed by atoms with E-state index < -0.39 is 0 Å². The maximum absolute atomic E-state index is 9.45. The number of benzene rings is 1. The Morgan fingerprint density at radius 3 is 2.13 bits per heavy atom. The lowest BCUT2D eigenvalue weighted by molar-refractivity contribution is 0.970. The first-order valence-electron chi connectivity index (χ1n) is 7.69. The van der Waals surface area contributed by atoms with Gasteiger partial charge in [0.1, 0.15) is 17.5 Å². The Hall–Kier alpha value is -2.67. The summed E-state index contributed by atoms with van der Waals surface area (Å²) in [5, 5.41) is 10.3. The molecule has 1 aromatic carbocycles. The number of hydrogen-bond donors (Lipinski definition) is 0. The first-order chi connectivity index (χ1) is 10.8. The Morgan fingerprint density at radius 2 is 1.57 bits per heavy atom. The Balaban J connectivity index is 2.52. The van der Waals surface area contributed by atoms with Gasteiger partial charge in [-0.1, -0.05) is 17.7 Å². The monoisotopic (exact) mass is 304 g/mol. The second kappa shape index (κ2) is 5.20. The van der Waals surface area contributed by atoms with E-state index in [0.29, 0.717) is 11.5 Å². The zero-order valence-electron chi connectivity index (χ0n) is 14.4. The summed E-state index contributed by atoms with van der Waals surface area (Å²) in [4.78, 5) is 8.95. The van der Waals surface area contributed by atoms with Crippen LogP contribution in [0.25, 0.3) is 16.7 Å². The van der Waals surface area contributed by atoms with Gasteiger partial charge >= 0.3 is 0 Å². The molecule has 0 radical (unpaired) electrons. The molecule has 0 fully saturated rings. The van der Waals surface area contributed by atoms with Crippen molar-refractivity contribution in [2.24, 2.45) is 0 Å². The molecule has 0 unspecified atom stereocenters. The zero-order valence-corrected chi connectivity index (χ0v) is 14.4. The fourth-order valence-electron chi connectivity index (χ4n) is 3.45. The molecule has 0 aliphatic heterocycles. The van der Waals surface area contributed by atoms with Gasteiger partial charge < -0.3 is 0 Å². The van der Waals surface area contributed by atoms with Crippen LogP contribution in [0.4, 0.5) is 0 Å². The molecule has 0 atom stereocenters. The number of aryl methyl sites for hydroxylation is 5. The molecule has 0 aliphatic rings. The summed E-state index contributed by atoms with van der Waals surface area (Å²) in [6.45, 7) is 12.3. The van der Waals surface area contributed by atoms with Crippen molar-refractivity contribution < 1.29 is 0 Å². The van der Waals surface area contributed by atoms with E-state index in [0.717, 1.165) is 28.0 Å². The molecule has 116 valence electrons. The van der Waals surface area contributed by atoms with Crippen molar-refractivity contribution in [2.45, 2.75) is 41.5 Å². The van der Waals surface area contributed by atoms with Crippen molar-refractivity contribution in [1.29, 1.82) is 5.26 Å². The van der Waals surface area contributed by atoms with Gasteiger partial charge in [0.15, 0.2) is 5.69 Å². The van der Waals surface area contributed by atoms with Crippen LogP contribution in [-0.2, 0) is 0 Å². The van der Waals surface area contributed by atoms with Crippen molar-refractivity contribution >= 4 is 11.0 Å². The number of aromatic nitrogens is 3. The maximum Gasteiger partial charge on any atom is 0.153 e. The number of rotatable bonds is 1. The van der Waals surface area contributed by atoms with Crippen LogP contribution in [0.2, 0.25) is 0 Å². The summed E-state index contributed by atoms with van der Waals surface area (Å²) in [5.74, 6) is 0.621. The molecular formula is C19H20N4. The minimum Gasteiger partial charge on any atom is -0.298 e. The average molecular weight is 304 g/mol. The van der Waals surface area contributed by atoms with Crippen LogP contribution in [0.3, 0.4) is 0 Å². The first-order valence-corrected chi connectivity index (χ1v) is 7.69. The third-order valence-corrected chi connectivity index (χ3v) is 4.43. The molecule has 0 N–H and O–H groups in total. The lowest BCUT2D eigenvalue weighted by Crippen LogP contribution is -2.05. The van der Waals surface area contributed by atoms with E-state index in [-0.39, 0.29) is 0 Å². The van der Waals surface area contributed by atoms with Gasteiger partial charge in [0, 0.05) is 5.69 Å². The molecule has 0 aliphatic carbocycles. The van der Waals surface area contributed by atoms with Gasteiger partial charge in [-0.05, 0) is 58.2 Å². The Kier molecular flexibility index (Phi) is 3.45. The van der Waals surface area contributed by atoms with Crippen LogP contribution >= 0.6 is 0 Å². The summed E-state index contributed by atoms with van der Waals surface area (Å²) < 4.78 is 2.17. The second-order valence-corrected chi connectivity index (χ2v) is 6.22. The molecular weight excluding hydrogens is 284 g/mol. The molecule has 3 aromatic rings. The van der Waals surface area contributed by atoms with Crippen molar-refractivity contribution in [2.75, 3.05) is 0 Å². The van der Waals surface area contributed by atoms with Crippen LogP contribution in [0, 0.1) is 52.9 Å². The average Bonchev–Trinajstić information content (AvgIpc) is 2.70. The van der Waals surface area contributed by atoms with E-state index in [1.54, 1.807) is 0 Å². The summed E-state index contributed by atoms with van der Waals surface area (Å²) >= 11 is 0. The summed E-state index contributed by atoms with van der Waals surface area (Å²) in [6.07, 6.45) is 0. The number of hydrogen-bond acceptors (Lipinski definition) is 3. The van der Waals surface area contributed by atoms with Gasteiger partial charge in [-0.25, -0.2) is 9.97 Å². The molecule has 2 heterocycles. The van der Waals surface area contributed by atoms with E-state index >= 15 is 0 Å². The van der Waals surface area contributed by atoms with Crippen LogP contribution in [0.5, 0.6) is 0 Å². The molecule has 2 aromatic heterocycles. The zero-order chi connectivity index (χ0) is 16.9. The van der Waals surface area contributed by atoms with Gasteiger partial charge in [0.05, 0.1) is 11.1 Å². The quantitative estimate of drug-likeness (QED) is 0.679. The minimum atomic E-state index is 0.453. The molecule has 0 bridgehead atoms. The molecule has 4 nitrogen and oxygen atoms in total. The van der Waals surface area contributed by atoms with Gasteiger partial charge in [0.25, 0.3) is 0 Å². The summed E-state index contributed by atoms with van der Waals surface area (Å²) in [6, 6.07) is 6.58. The Morgan fingerprint density at radius 1 is 0.957 bits per heavy atom. The maximum atomic E-state index is 9.45. The number of nitriles is 1. The van der Waals surface area contributed by atoms with Crippen LogP contribution < -0.4 is 0 Å². The molecule has 0 saturated carbocycles. The fraction of sp³-hybridized carbons (Fsp3) is 0.316. The summed E-state index contributed by atoms with van der Waals surface area (Å²) in [5.41, 5.74) is 8.25. The SMILES string of the molecule is Cc1cc(C)c(-n2c(C)c(C)c3c(C#N)nc(C)nc32)c(C)c1. The van der Waals surface area contributed by atoms with E-state index in [2.05, 4.69) is 60.4 Å². The molecule has 0 amide bonds. The van der Waals surface area contributed by atoms with Crippen LogP contribution in [0.15, 0.2) is 12.1 Å². The predicted octanol–water partition coefficient (Wildman–Crippen LogP) is 4.14. The Bertz CT molecular complexity index is 964. The molecule has 3 rings (SSSR count). The second-order valence-electron chi connectivity index (χ2n) is 6.22. The van der Waals surface area contributed by atoms with E-state index in [9.17, 15) is 5.26 Å². The first kappa shape index (κ1) is 15.2. The molecule has 23 heavy (non-hydrogen) atoms. The lowest BCUT2D eigenvalue weighted by atomic mass is 10.0. The smallest absolute Gasteiger partial charge is 0.153 e. The van der Waals surface area contributed by atoms with Crippen molar-refractivity contribution in [3.05, 3.63) is 51.6 Å². The van der Waals surface area contributed by atoms with Gasteiger partial charge in [-0.15, -0.1) is 0 Å². The van der Waals surface area contributed by atoms with Crippen molar-refractivity contribution in [3.63, 3.8) is 0 Å². The molecule has 0 spiro atoms. The standard InChI is InChI=1S/C19H20N4/c1-10-7-11(2)18(12(3)8-10)23-14(5)13(4)17-16(9-20)21-15(6)22-19(17)23/h7-8H,1-6H3. The highest BCUT2D eigenvalue weighted by Crippen LogP contribution is 2.32. The predicted molar refractivity (Wildman–Crippen MR) is 92.0 cm³/mol. The third kappa shape index (κ3) is 2.20. The molecule has 4 heteroatoms. The number of fused-ring (bicyclic) bond motifs is 1. The largest absolute Gasteiger partial charge is 0.298 e. The van der Waals surface area contributed by atoms with E-state index in [1.165, 1.54) is 16.7 Å². The van der Waals surface area contributed by atoms with Crippen molar-refractivity contribution in [1.82, 2.24) is 14.5 Å². The normalized spacial score (nSPS) is 11.0. The van der Waals surface area contributed by atoms with Gasteiger partial charge in [-0.2, -0.15) is 5.26 Å². The molecule has 0 saturated heterocycles. The highest BCUT2D eigenvalue weighted by Gasteiger charge is 2.20. The van der Waals surface area contributed by atoms with E-state index in [4.69, 9.17) is 0 Å². The fourth-order valence-corrected chi connectivity index (χ4v) is 3.45. The highest BCUT2D eigenvalue weighted by molar-refractivity contribution is 5.88. The van der Waals surface area contributed by atoms with Crippen LogP contribution in [-0.4, -0.2) is 14.5 Å². The number of nitrogens with zero attached hydrogens (tertiary/aromatic N) is 4. The minimum absolute atomic E-state index is 0.453. The van der Waals surface area contributed by atoms with E-state index in [1.807, 2.05) is 13.8 Å². The van der Waals surface area contributed by atoms with Gasteiger partial charge in [-0.3, -0.25) is 4.57 Å². The summed E-state index contributed by atoms with van der Waals surface area (Å²) in [7, 11) is 0. The topological polar surface area (TPSA) is 54.5 Å². The lowest BCUT2D eigenvalue weighted by Gasteiger charge is -2.15. The Labute approximate surface area is 136 Å². The highest BCUT2D eigenvalue weighted by atomic mass is 15.1. The third-order valence-electron chi connectivity index (χ3n) is 4.43. The van der Waals surface area contributed by atoms with Gasteiger partial charge in [0.2, 0.25) is 0 Å². The van der Waals surface area contributed by atoms with Crippen molar-refractivity contribution in [3.8, 4) is 11.8 Å². The van der Waals surface area contributed by atoms with Crippen LogP contribution in [0.1, 0.15) is 39.5 Å².